The summed E-state index contributed by atoms with van der Waals surface area (Å²) in [5.74, 6) is 1.95. The highest BCUT2D eigenvalue weighted by molar-refractivity contribution is 7.97. The van der Waals surface area contributed by atoms with Crippen molar-refractivity contribution < 1.29 is 19.1 Å². The maximum Gasteiger partial charge on any atom is 0.309 e. The van der Waals surface area contributed by atoms with Crippen molar-refractivity contribution in [2.45, 2.75) is 134 Å². The molecule has 202 valence electrons. The van der Waals surface area contributed by atoms with E-state index in [4.69, 9.17) is 9.47 Å². The van der Waals surface area contributed by atoms with Crippen molar-refractivity contribution in [3.05, 3.63) is 29.8 Å². The monoisotopic (exact) mass is 517 g/mol. The largest absolute Gasteiger partial charge is 0.462 e. The van der Waals surface area contributed by atoms with Gasteiger partial charge in [0.2, 0.25) is 0 Å². The number of carbonyl (C=O) groups is 2. The SMILES string of the molecule is CC(C)(C)c1ccc([S+]2CCCC2)cc1.CC(CC(=O)OC1CCCCC1)C(=O)OC1CCCCC1. The van der Waals surface area contributed by atoms with Crippen LogP contribution in [0.25, 0.3) is 0 Å². The first-order chi connectivity index (χ1) is 17.2. The topological polar surface area (TPSA) is 52.6 Å². The molecular weight excluding hydrogens is 468 g/mol. The van der Waals surface area contributed by atoms with Crippen molar-refractivity contribution in [1.29, 1.82) is 0 Å². The van der Waals surface area contributed by atoms with E-state index in [1.54, 1.807) is 11.8 Å². The fraction of sp³-hybridized carbons (Fsp3) is 0.742. The fourth-order valence-corrected chi connectivity index (χ4v) is 7.55. The Morgan fingerprint density at radius 1 is 0.806 bits per heavy atom. The molecule has 4 rings (SSSR count). The summed E-state index contributed by atoms with van der Waals surface area (Å²) >= 11 is 0. The number of rotatable bonds is 6. The summed E-state index contributed by atoms with van der Waals surface area (Å²) in [5, 5.41) is 0. The molecule has 36 heavy (non-hydrogen) atoms. The van der Waals surface area contributed by atoms with Gasteiger partial charge in [-0.3, -0.25) is 9.59 Å². The Morgan fingerprint density at radius 3 is 1.81 bits per heavy atom. The second-order valence-corrected chi connectivity index (χ2v) is 14.2. The highest BCUT2D eigenvalue weighted by atomic mass is 32.2. The van der Waals surface area contributed by atoms with Crippen LogP contribution in [0.5, 0.6) is 0 Å². The minimum Gasteiger partial charge on any atom is -0.462 e. The second kappa shape index (κ2) is 14.4. The molecule has 3 aliphatic rings. The lowest BCUT2D eigenvalue weighted by Crippen LogP contribution is -2.28. The van der Waals surface area contributed by atoms with E-state index >= 15 is 0 Å². The third-order valence-electron chi connectivity index (χ3n) is 7.65. The lowest BCUT2D eigenvalue weighted by Gasteiger charge is -2.24. The Labute approximate surface area is 222 Å². The third-order valence-corrected chi connectivity index (χ3v) is 10.1. The van der Waals surface area contributed by atoms with Crippen LogP contribution >= 0.6 is 0 Å². The third kappa shape index (κ3) is 9.76. The molecule has 2 saturated carbocycles. The Morgan fingerprint density at radius 2 is 1.31 bits per heavy atom. The zero-order valence-corrected chi connectivity index (χ0v) is 24.0. The van der Waals surface area contributed by atoms with E-state index in [1.165, 1.54) is 42.8 Å². The normalized spacial score (nSPS) is 20.8. The van der Waals surface area contributed by atoms with Crippen LogP contribution in [0.1, 0.15) is 117 Å². The molecule has 0 N–H and O–H groups in total. The van der Waals surface area contributed by atoms with E-state index < -0.39 is 5.92 Å². The number of hydrogen-bond acceptors (Lipinski definition) is 4. The predicted molar refractivity (Wildman–Crippen MR) is 149 cm³/mol. The molecule has 5 heteroatoms. The number of benzene rings is 1. The van der Waals surface area contributed by atoms with Crippen molar-refractivity contribution in [3.8, 4) is 0 Å². The van der Waals surface area contributed by atoms with Crippen molar-refractivity contribution in [2.75, 3.05) is 11.5 Å². The zero-order chi connectivity index (χ0) is 26.0. The number of esters is 2. The molecule has 4 nitrogen and oxygen atoms in total. The van der Waals surface area contributed by atoms with Crippen LogP contribution in [-0.2, 0) is 35.4 Å². The van der Waals surface area contributed by atoms with Crippen LogP contribution in [0.15, 0.2) is 29.2 Å². The van der Waals surface area contributed by atoms with Gasteiger partial charge in [0, 0.05) is 10.9 Å². The van der Waals surface area contributed by atoms with Gasteiger partial charge in [-0.2, -0.15) is 0 Å². The first-order valence-electron chi connectivity index (χ1n) is 14.4. The van der Waals surface area contributed by atoms with Crippen LogP contribution < -0.4 is 0 Å². The second-order valence-electron chi connectivity index (χ2n) is 11.9. The fourth-order valence-electron chi connectivity index (χ4n) is 5.25. The molecule has 1 saturated heterocycles. The Bertz CT molecular complexity index is 795. The average Bonchev–Trinajstić information content (AvgIpc) is 3.40. The summed E-state index contributed by atoms with van der Waals surface area (Å²) < 4.78 is 11.0. The van der Waals surface area contributed by atoms with E-state index in [0.717, 1.165) is 51.4 Å². The highest BCUT2D eigenvalue weighted by Crippen LogP contribution is 2.27. The van der Waals surface area contributed by atoms with Crippen LogP contribution in [0, 0.1) is 5.92 Å². The quantitative estimate of drug-likeness (QED) is 0.289. The Hall–Kier alpha value is -1.49. The average molecular weight is 518 g/mol. The summed E-state index contributed by atoms with van der Waals surface area (Å²) in [6.45, 7) is 8.59. The molecule has 0 aromatic heterocycles. The van der Waals surface area contributed by atoms with E-state index in [1.807, 2.05) is 0 Å². The highest BCUT2D eigenvalue weighted by Gasteiger charge is 2.27. The summed E-state index contributed by atoms with van der Waals surface area (Å²) in [4.78, 5) is 25.5. The van der Waals surface area contributed by atoms with Gasteiger partial charge in [0.05, 0.1) is 12.3 Å². The minimum absolute atomic E-state index is 0.0584. The zero-order valence-electron chi connectivity index (χ0n) is 23.2. The van der Waals surface area contributed by atoms with E-state index in [2.05, 4.69) is 45.0 Å². The molecule has 3 fully saturated rings. The predicted octanol–water partition coefficient (Wildman–Crippen LogP) is 7.52. The van der Waals surface area contributed by atoms with Crippen LogP contribution in [0.2, 0.25) is 0 Å². The number of hydrogen-bond donors (Lipinski definition) is 0. The molecule has 1 aromatic carbocycles. The van der Waals surface area contributed by atoms with Gasteiger partial charge >= 0.3 is 11.9 Å². The van der Waals surface area contributed by atoms with Crippen LogP contribution in [0.4, 0.5) is 0 Å². The number of ether oxygens (including phenoxy) is 2. The summed E-state index contributed by atoms with van der Waals surface area (Å²) in [6.07, 6.45) is 14.0. The molecular formula is C31H49O4S+. The van der Waals surface area contributed by atoms with Gasteiger partial charge < -0.3 is 9.47 Å². The molecule has 1 atom stereocenters. The molecule has 1 unspecified atom stereocenters. The molecule has 0 bridgehead atoms. The van der Waals surface area contributed by atoms with Gasteiger partial charge in [-0.25, -0.2) is 0 Å². The van der Waals surface area contributed by atoms with Gasteiger partial charge in [-0.15, -0.1) is 0 Å². The standard InChI is InChI=1S/C17H28O4.C14H21S/c1-13(17(19)21-15-10-6-3-7-11-15)12-16(18)20-14-8-4-2-5-9-14;1-14(2,3)12-6-8-13(9-7-12)15-10-4-5-11-15/h13-15H,2-12H2,1H3;6-9H,4-5,10-11H2,1-3H3/q;+1. The van der Waals surface area contributed by atoms with E-state index in [0.29, 0.717) is 10.9 Å². The lowest BCUT2D eigenvalue weighted by molar-refractivity contribution is -0.161. The smallest absolute Gasteiger partial charge is 0.309 e. The van der Waals surface area contributed by atoms with Crippen LogP contribution in [0.3, 0.4) is 0 Å². The van der Waals surface area contributed by atoms with E-state index in [9.17, 15) is 9.59 Å². The molecule has 2 aliphatic carbocycles. The molecule has 1 aliphatic heterocycles. The van der Waals surface area contributed by atoms with E-state index in [-0.39, 0.29) is 36.0 Å². The first kappa shape index (κ1) is 29.1. The summed E-state index contributed by atoms with van der Waals surface area (Å²) in [7, 11) is 0.574. The van der Waals surface area contributed by atoms with Gasteiger partial charge in [0.15, 0.2) is 4.90 Å². The molecule has 0 radical (unpaired) electrons. The first-order valence-corrected chi connectivity index (χ1v) is 16.0. The maximum absolute atomic E-state index is 12.0. The lowest BCUT2D eigenvalue weighted by atomic mass is 9.87. The van der Waals surface area contributed by atoms with Crippen molar-refractivity contribution in [2.24, 2.45) is 5.92 Å². The van der Waals surface area contributed by atoms with Crippen LogP contribution in [-0.4, -0.2) is 35.7 Å². The molecule has 0 amide bonds. The summed E-state index contributed by atoms with van der Waals surface area (Å²) in [5.41, 5.74) is 1.74. The molecule has 1 aromatic rings. The van der Waals surface area contributed by atoms with Gasteiger partial charge in [0.25, 0.3) is 0 Å². The van der Waals surface area contributed by atoms with Gasteiger partial charge in [0.1, 0.15) is 23.7 Å². The van der Waals surface area contributed by atoms with Gasteiger partial charge in [-0.05, 0) is 87.3 Å². The van der Waals surface area contributed by atoms with Gasteiger partial charge in [-0.1, -0.05) is 52.7 Å². The summed E-state index contributed by atoms with van der Waals surface area (Å²) in [6, 6.07) is 9.35. The van der Waals surface area contributed by atoms with Crippen molar-refractivity contribution in [3.63, 3.8) is 0 Å². The van der Waals surface area contributed by atoms with Crippen molar-refractivity contribution >= 4 is 22.8 Å². The Balaban J connectivity index is 0.000000212. The minimum atomic E-state index is -0.400. The molecule has 0 spiro atoms. The van der Waals surface area contributed by atoms with Crippen molar-refractivity contribution in [1.82, 2.24) is 0 Å². The maximum atomic E-state index is 12.0. The molecule has 1 heterocycles. The Kier molecular flexibility index (Phi) is 11.7. The number of carbonyl (C=O) groups excluding carboxylic acids is 2.